The summed E-state index contributed by atoms with van der Waals surface area (Å²) in [6.45, 7) is 5.10. The number of sulfonamides is 2. The minimum absolute atomic E-state index is 0.342. The van der Waals surface area contributed by atoms with Crippen LogP contribution in [-0.4, -0.2) is 21.4 Å². The van der Waals surface area contributed by atoms with Gasteiger partial charge in [0, 0.05) is 29.3 Å². The first-order valence-corrected chi connectivity index (χ1v) is 11.3. The van der Waals surface area contributed by atoms with Crippen LogP contribution in [0.2, 0.25) is 0 Å². The van der Waals surface area contributed by atoms with Crippen molar-refractivity contribution in [3.63, 3.8) is 0 Å². The second-order valence-corrected chi connectivity index (χ2v) is 9.91. The van der Waals surface area contributed by atoms with Gasteiger partial charge in [0.2, 0.25) is 10.0 Å². The summed E-state index contributed by atoms with van der Waals surface area (Å²) in [6.07, 6.45) is 1.96. The molecular weight excluding hydrogens is 386 g/mol. The van der Waals surface area contributed by atoms with E-state index in [-0.39, 0.29) is 4.90 Å². The summed E-state index contributed by atoms with van der Waals surface area (Å²) in [5.41, 5.74) is 1.34. The number of anilines is 1. The smallest absolute Gasteiger partial charge is 0.263 e. The van der Waals surface area contributed by atoms with Crippen LogP contribution >= 0.6 is 0 Å². The van der Waals surface area contributed by atoms with E-state index in [4.69, 9.17) is 5.14 Å². The van der Waals surface area contributed by atoms with Gasteiger partial charge in [0.1, 0.15) is 9.79 Å². The summed E-state index contributed by atoms with van der Waals surface area (Å²) in [7, 11) is -8.30. The van der Waals surface area contributed by atoms with Crippen LogP contribution in [0.15, 0.2) is 64.5 Å². The predicted molar refractivity (Wildman–Crippen MR) is 105 cm³/mol. The van der Waals surface area contributed by atoms with Crippen molar-refractivity contribution in [3.05, 3.63) is 54.7 Å². The molecule has 0 saturated heterocycles. The van der Waals surface area contributed by atoms with E-state index in [9.17, 15) is 16.8 Å². The third-order valence-electron chi connectivity index (χ3n) is 4.03. The monoisotopic (exact) mass is 407 g/mol. The molecule has 0 aliphatic rings. The van der Waals surface area contributed by atoms with E-state index in [1.54, 1.807) is 12.1 Å². The molecule has 0 bridgehead atoms. The van der Waals surface area contributed by atoms with E-state index < -0.39 is 24.9 Å². The summed E-state index contributed by atoms with van der Waals surface area (Å²) in [5.74, 6) is 0.480. The molecule has 0 spiro atoms. The lowest BCUT2D eigenvalue weighted by atomic mass is 10.2. The van der Waals surface area contributed by atoms with Gasteiger partial charge < -0.3 is 4.57 Å². The lowest BCUT2D eigenvalue weighted by Gasteiger charge is -2.12. The van der Waals surface area contributed by atoms with Gasteiger partial charge >= 0.3 is 0 Å². The Morgan fingerprint density at radius 2 is 1.67 bits per heavy atom. The van der Waals surface area contributed by atoms with Crippen molar-refractivity contribution in [1.29, 1.82) is 0 Å². The van der Waals surface area contributed by atoms with Crippen LogP contribution in [0.4, 0.5) is 5.69 Å². The van der Waals surface area contributed by atoms with Gasteiger partial charge in [0.05, 0.1) is 0 Å². The van der Waals surface area contributed by atoms with Gasteiger partial charge in [-0.1, -0.05) is 26.0 Å². The van der Waals surface area contributed by atoms with Crippen molar-refractivity contribution in [1.82, 2.24) is 4.57 Å². The average Bonchev–Trinajstić information content (AvgIpc) is 2.95. The molecular formula is C18H21N3O4S2. The first kappa shape index (κ1) is 19.4. The Morgan fingerprint density at radius 1 is 1.00 bits per heavy atom. The first-order chi connectivity index (χ1) is 12.6. The van der Waals surface area contributed by atoms with Crippen molar-refractivity contribution in [2.75, 3.05) is 4.72 Å². The zero-order chi connectivity index (χ0) is 19.8. The third kappa shape index (κ3) is 4.15. The highest BCUT2D eigenvalue weighted by Crippen LogP contribution is 2.25. The second kappa shape index (κ2) is 6.99. The molecule has 3 N–H and O–H groups in total. The highest BCUT2D eigenvalue weighted by Gasteiger charge is 2.24. The largest absolute Gasteiger partial charge is 0.347 e. The number of aromatic nitrogens is 1. The number of hydrogen-bond donors (Lipinski definition) is 2. The summed E-state index contributed by atoms with van der Waals surface area (Å²) in [5, 5.41) is 6.03. The van der Waals surface area contributed by atoms with Gasteiger partial charge in [0.25, 0.3) is 10.0 Å². The maximum absolute atomic E-state index is 12.7. The molecule has 2 aromatic carbocycles. The molecule has 0 atom stereocenters. The highest BCUT2D eigenvalue weighted by atomic mass is 32.2. The molecule has 0 unspecified atom stereocenters. The van der Waals surface area contributed by atoms with Crippen molar-refractivity contribution < 1.29 is 16.8 Å². The van der Waals surface area contributed by atoms with Crippen molar-refractivity contribution in [2.45, 2.75) is 30.2 Å². The molecule has 144 valence electrons. The van der Waals surface area contributed by atoms with E-state index in [1.165, 1.54) is 24.3 Å². The molecule has 9 heteroatoms. The van der Waals surface area contributed by atoms with E-state index in [0.717, 1.165) is 17.4 Å². The molecule has 1 heterocycles. The van der Waals surface area contributed by atoms with E-state index in [2.05, 4.69) is 23.1 Å². The fourth-order valence-electron chi connectivity index (χ4n) is 2.93. The summed E-state index contributed by atoms with van der Waals surface area (Å²) in [6, 6.07) is 12.3. The van der Waals surface area contributed by atoms with E-state index in [0.29, 0.717) is 11.6 Å². The summed E-state index contributed by atoms with van der Waals surface area (Å²) >= 11 is 0. The Morgan fingerprint density at radius 3 is 2.30 bits per heavy atom. The van der Waals surface area contributed by atoms with Crippen LogP contribution in [-0.2, 0) is 26.6 Å². The van der Waals surface area contributed by atoms with Gasteiger partial charge in [-0.25, -0.2) is 22.0 Å². The van der Waals surface area contributed by atoms with E-state index in [1.807, 2.05) is 18.3 Å². The molecule has 0 aliphatic carbocycles. The average molecular weight is 408 g/mol. The number of fused-ring (bicyclic) bond motifs is 1. The fraction of sp³-hybridized carbons (Fsp3) is 0.222. The normalized spacial score (nSPS) is 12.6. The van der Waals surface area contributed by atoms with Gasteiger partial charge in [-0.05, 0) is 42.3 Å². The first-order valence-electron chi connectivity index (χ1n) is 8.31. The minimum Gasteiger partial charge on any atom is -0.347 e. The van der Waals surface area contributed by atoms with Gasteiger partial charge in [-0.15, -0.1) is 0 Å². The maximum atomic E-state index is 12.7. The molecule has 1 aromatic heterocycles. The number of rotatable bonds is 6. The highest BCUT2D eigenvalue weighted by molar-refractivity contribution is 7.94. The predicted octanol–water partition coefficient (Wildman–Crippen LogP) is 2.75. The number of nitrogens with two attached hydrogens (primary N) is 1. The number of hydrogen-bond acceptors (Lipinski definition) is 4. The number of nitrogens with zero attached hydrogens (tertiary/aromatic N) is 1. The van der Waals surface area contributed by atoms with Gasteiger partial charge in [-0.2, -0.15) is 0 Å². The van der Waals surface area contributed by atoms with Crippen LogP contribution in [0.3, 0.4) is 0 Å². The molecule has 3 rings (SSSR count). The molecule has 0 aliphatic heterocycles. The molecule has 7 nitrogen and oxygen atoms in total. The van der Waals surface area contributed by atoms with Crippen molar-refractivity contribution >= 4 is 36.6 Å². The zero-order valence-corrected chi connectivity index (χ0v) is 16.6. The topological polar surface area (TPSA) is 111 Å². The lowest BCUT2D eigenvalue weighted by Crippen LogP contribution is -2.20. The Hall–Kier alpha value is -2.36. The Labute approximate surface area is 158 Å². The molecule has 0 radical (unpaired) electrons. The fourth-order valence-corrected chi connectivity index (χ4v) is 5.37. The van der Waals surface area contributed by atoms with Crippen molar-refractivity contribution in [3.8, 4) is 0 Å². The second-order valence-electron chi connectivity index (χ2n) is 6.73. The Bertz CT molecular complexity index is 1200. The SMILES string of the molecule is CC(C)Cn1ccc2cc(NS(=O)(=O)c3ccccc3S(N)(=O)=O)ccc21. The minimum atomic E-state index is -4.17. The zero-order valence-electron chi connectivity index (χ0n) is 15.0. The van der Waals surface area contributed by atoms with Crippen LogP contribution < -0.4 is 9.86 Å². The van der Waals surface area contributed by atoms with Crippen LogP contribution in [0.25, 0.3) is 10.9 Å². The summed E-state index contributed by atoms with van der Waals surface area (Å²) < 4.78 is 53.4. The van der Waals surface area contributed by atoms with E-state index >= 15 is 0 Å². The lowest BCUT2D eigenvalue weighted by molar-refractivity contribution is 0.535. The van der Waals surface area contributed by atoms with Gasteiger partial charge in [-0.3, -0.25) is 4.72 Å². The molecule has 0 amide bonds. The Balaban J connectivity index is 1.98. The van der Waals surface area contributed by atoms with Crippen LogP contribution in [0.5, 0.6) is 0 Å². The number of primary sulfonamides is 1. The Kier molecular flexibility index (Phi) is 5.02. The molecule has 0 fully saturated rings. The number of benzene rings is 2. The van der Waals surface area contributed by atoms with Crippen LogP contribution in [0.1, 0.15) is 13.8 Å². The van der Waals surface area contributed by atoms with Crippen LogP contribution in [0, 0.1) is 5.92 Å². The molecule has 27 heavy (non-hydrogen) atoms. The van der Waals surface area contributed by atoms with Crippen molar-refractivity contribution in [2.24, 2.45) is 11.1 Å². The molecule has 3 aromatic rings. The third-order valence-corrected chi connectivity index (χ3v) is 6.57. The maximum Gasteiger partial charge on any atom is 0.263 e. The quantitative estimate of drug-likeness (QED) is 0.654. The standard InChI is InChI=1S/C18H21N3O4S2/c1-13(2)12-21-10-9-14-11-15(7-8-16(14)21)20-27(24,25)18-6-4-3-5-17(18)26(19,22)23/h3-11,13,20H,12H2,1-2H3,(H2,19,22,23). The number of nitrogens with one attached hydrogen (secondary N) is 1. The molecule has 0 saturated carbocycles. The van der Waals surface area contributed by atoms with Gasteiger partial charge in [0.15, 0.2) is 0 Å². The summed E-state index contributed by atoms with van der Waals surface area (Å²) in [4.78, 5) is -0.827.